The van der Waals surface area contributed by atoms with Crippen molar-refractivity contribution in [2.24, 2.45) is 0 Å². The summed E-state index contributed by atoms with van der Waals surface area (Å²) in [6.07, 6.45) is 0. The minimum Gasteiger partial charge on any atom is -0.465 e. The van der Waals surface area contributed by atoms with Crippen LogP contribution in [0, 0.1) is 0 Å². The van der Waals surface area contributed by atoms with E-state index in [1.165, 1.54) is 7.11 Å². The molecular formula is C5H3Cl2NO2S. The molecule has 1 aromatic rings. The van der Waals surface area contributed by atoms with Crippen LogP contribution >= 0.6 is 34.7 Å². The van der Waals surface area contributed by atoms with Gasteiger partial charge in [0.15, 0.2) is 5.15 Å². The highest BCUT2D eigenvalue weighted by Crippen LogP contribution is 2.28. The maximum Gasteiger partial charge on any atom is 0.343 e. The van der Waals surface area contributed by atoms with E-state index in [0.29, 0.717) is 0 Å². The maximum atomic E-state index is 10.9. The molecule has 0 aliphatic rings. The lowest BCUT2D eigenvalue weighted by atomic mass is 10.4. The van der Waals surface area contributed by atoms with Gasteiger partial charge in [-0.3, -0.25) is 0 Å². The van der Waals surface area contributed by atoms with Gasteiger partial charge in [0.2, 0.25) is 0 Å². The van der Waals surface area contributed by atoms with Crippen molar-refractivity contribution in [1.29, 1.82) is 0 Å². The van der Waals surface area contributed by atoms with Gasteiger partial charge in [-0.1, -0.05) is 23.2 Å². The molecule has 0 spiro atoms. The summed E-state index contributed by atoms with van der Waals surface area (Å²) in [6.45, 7) is 0. The quantitative estimate of drug-likeness (QED) is 0.670. The number of aromatic nitrogens is 1. The Kier molecular flexibility index (Phi) is 2.70. The first-order valence-electron chi connectivity index (χ1n) is 2.55. The zero-order valence-corrected chi connectivity index (χ0v) is 7.76. The number of nitrogens with zero attached hydrogens (tertiary/aromatic N) is 1. The fourth-order valence-electron chi connectivity index (χ4n) is 0.519. The van der Waals surface area contributed by atoms with Crippen molar-refractivity contribution in [3.8, 4) is 0 Å². The Hall–Kier alpha value is -0.320. The first-order valence-corrected chi connectivity index (χ1v) is 4.08. The van der Waals surface area contributed by atoms with Crippen LogP contribution in [-0.4, -0.2) is 17.5 Å². The molecular weight excluding hydrogens is 209 g/mol. The zero-order chi connectivity index (χ0) is 8.43. The largest absolute Gasteiger partial charge is 0.465 e. The van der Waals surface area contributed by atoms with Gasteiger partial charge in [-0.15, -0.1) is 0 Å². The van der Waals surface area contributed by atoms with E-state index in [0.717, 1.165) is 11.5 Å². The van der Waals surface area contributed by atoms with Crippen molar-refractivity contribution in [3.63, 3.8) is 0 Å². The minimum absolute atomic E-state index is 0.0897. The molecule has 3 nitrogen and oxygen atoms in total. The van der Waals surface area contributed by atoms with Crippen LogP contribution in [0.1, 0.15) is 10.4 Å². The summed E-state index contributed by atoms with van der Waals surface area (Å²) >= 11 is 12.1. The number of hydrogen-bond donors (Lipinski definition) is 0. The van der Waals surface area contributed by atoms with E-state index in [9.17, 15) is 4.79 Å². The highest BCUT2D eigenvalue weighted by molar-refractivity contribution is 7.11. The van der Waals surface area contributed by atoms with Crippen LogP contribution in [0.4, 0.5) is 0 Å². The molecule has 0 bridgehead atoms. The molecule has 0 saturated carbocycles. The fraction of sp³-hybridized carbons (Fsp3) is 0.200. The Morgan fingerprint density at radius 3 is 2.64 bits per heavy atom. The first-order chi connectivity index (χ1) is 5.16. The number of hydrogen-bond acceptors (Lipinski definition) is 4. The standard InChI is InChI=1S/C5H3Cl2NO2S/c1-10-5(9)2-3(6)8-11-4(2)7/h1H3. The van der Waals surface area contributed by atoms with E-state index in [4.69, 9.17) is 23.2 Å². The van der Waals surface area contributed by atoms with Crippen molar-refractivity contribution < 1.29 is 9.53 Å². The van der Waals surface area contributed by atoms with Crippen molar-refractivity contribution in [3.05, 3.63) is 15.1 Å². The number of carbonyl (C=O) groups excluding carboxylic acids is 1. The van der Waals surface area contributed by atoms with Crippen LogP contribution in [-0.2, 0) is 4.74 Å². The lowest BCUT2D eigenvalue weighted by Gasteiger charge is -1.94. The molecule has 0 unspecified atom stereocenters. The molecule has 0 saturated heterocycles. The van der Waals surface area contributed by atoms with Gasteiger partial charge in [-0.25, -0.2) is 4.79 Å². The smallest absolute Gasteiger partial charge is 0.343 e. The molecule has 0 aliphatic carbocycles. The molecule has 0 amide bonds. The molecule has 0 radical (unpaired) electrons. The van der Waals surface area contributed by atoms with Gasteiger partial charge < -0.3 is 4.74 Å². The van der Waals surface area contributed by atoms with E-state index >= 15 is 0 Å². The van der Waals surface area contributed by atoms with E-state index in [1.54, 1.807) is 0 Å². The predicted molar refractivity (Wildman–Crippen MR) is 43.5 cm³/mol. The van der Waals surface area contributed by atoms with Crippen molar-refractivity contribution >= 4 is 40.7 Å². The fourth-order valence-corrected chi connectivity index (χ4v) is 1.69. The Morgan fingerprint density at radius 1 is 1.64 bits per heavy atom. The zero-order valence-electron chi connectivity index (χ0n) is 5.43. The van der Waals surface area contributed by atoms with Gasteiger partial charge in [0.1, 0.15) is 9.90 Å². The van der Waals surface area contributed by atoms with E-state index in [1.807, 2.05) is 0 Å². The number of carbonyl (C=O) groups is 1. The third kappa shape index (κ3) is 1.64. The van der Waals surface area contributed by atoms with Crippen molar-refractivity contribution in [1.82, 2.24) is 4.37 Å². The highest BCUT2D eigenvalue weighted by Gasteiger charge is 2.18. The average molecular weight is 212 g/mol. The molecule has 1 aromatic heterocycles. The number of methoxy groups -OCH3 is 1. The highest BCUT2D eigenvalue weighted by atomic mass is 35.5. The molecule has 0 atom stereocenters. The number of ether oxygens (including phenoxy) is 1. The van der Waals surface area contributed by atoms with Gasteiger partial charge >= 0.3 is 5.97 Å². The third-order valence-electron chi connectivity index (χ3n) is 0.998. The normalized spacial score (nSPS) is 9.73. The van der Waals surface area contributed by atoms with Crippen LogP contribution in [0.15, 0.2) is 0 Å². The summed E-state index contributed by atoms with van der Waals surface area (Å²) < 4.78 is 8.33. The molecule has 0 N–H and O–H groups in total. The summed E-state index contributed by atoms with van der Waals surface area (Å²) in [6, 6.07) is 0. The Bertz CT molecular complexity index is 267. The second-order valence-corrected chi connectivity index (χ2v) is 3.35. The van der Waals surface area contributed by atoms with Gasteiger partial charge in [0.25, 0.3) is 0 Å². The van der Waals surface area contributed by atoms with Crippen LogP contribution in [0.2, 0.25) is 9.49 Å². The van der Waals surface area contributed by atoms with E-state index in [2.05, 4.69) is 9.11 Å². The molecule has 1 rings (SSSR count). The summed E-state index contributed by atoms with van der Waals surface area (Å²) in [4.78, 5) is 10.9. The topological polar surface area (TPSA) is 39.2 Å². The lowest BCUT2D eigenvalue weighted by molar-refractivity contribution is 0.0601. The lowest BCUT2D eigenvalue weighted by Crippen LogP contribution is -2.00. The van der Waals surface area contributed by atoms with Gasteiger partial charge in [-0.2, -0.15) is 4.37 Å². The molecule has 0 fully saturated rings. The number of halogens is 2. The molecule has 0 aliphatic heterocycles. The number of rotatable bonds is 1. The van der Waals surface area contributed by atoms with Crippen molar-refractivity contribution in [2.45, 2.75) is 0 Å². The summed E-state index contributed by atoms with van der Waals surface area (Å²) in [7, 11) is 1.26. The maximum absolute atomic E-state index is 10.9. The van der Waals surface area contributed by atoms with Crippen LogP contribution in [0.3, 0.4) is 0 Å². The van der Waals surface area contributed by atoms with Gasteiger partial charge in [-0.05, 0) is 11.5 Å². The summed E-state index contributed by atoms with van der Waals surface area (Å²) in [5, 5.41) is 0.0897. The Morgan fingerprint density at radius 2 is 2.27 bits per heavy atom. The SMILES string of the molecule is COC(=O)c1c(Cl)nsc1Cl. The van der Waals surface area contributed by atoms with Crippen LogP contribution in [0.5, 0.6) is 0 Å². The first kappa shape index (κ1) is 8.77. The number of esters is 1. The second kappa shape index (κ2) is 3.38. The minimum atomic E-state index is -0.561. The van der Waals surface area contributed by atoms with Crippen molar-refractivity contribution in [2.75, 3.05) is 7.11 Å². The summed E-state index contributed by atoms with van der Waals surface area (Å²) in [5.41, 5.74) is 0.140. The second-order valence-electron chi connectivity index (χ2n) is 1.61. The molecule has 0 aromatic carbocycles. The molecule has 11 heavy (non-hydrogen) atoms. The van der Waals surface area contributed by atoms with Gasteiger partial charge in [0.05, 0.1) is 7.11 Å². The van der Waals surface area contributed by atoms with Gasteiger partial charge in [0, 0.05) is 0 Å². The average Bonchev–Trinajstić information content (AvgIpc) is 2.30. The molecule has 1 heterocycles. The Labute approximate surface area is 77.0 Å². The monoisotopic (exact) mass is 211 g/mol. The van der Waals surface area contributed by atoms with E-state index in [-0.39, 0.29) is 15.1 Å². The van der Waals surface area contributed by atoms with Crippen LogP contribution in [0.25, 0.3) is 0 Å². The van der Waals surface area contributed by atoms with E-state index < -0.39 is 5.97 Å². The molecule has 60 valence electrons. The predicted octanol–water partition coefficient (Wildman–Crippen LogP) is 2.24. The Balaban J connectivity index is 3.10. The molecule has 6 heteroatoms. The van der Waals surface area contributed by atoms with Crippen LogP contribution < -0.4 is 0 Å². The summed E-state index contributed by atoms with van der Waals surface area (Å²) in [5.74, 6) is -0.561. The third-order valence-corrected chi connectivity index (χ3v) is 2.41.